The third kappa shape index (κ3) is 4.26. The van der Waals surface area contributed by atoms with Crippen molar-refractivity contribution in [2.24, 2.45) is 0 Å². The Morgan fingerprint density at radius 3 is 2.57 bits per heavy atom. The van der Waals surface area contributed by atoms with Gasteiger partial charge in [-0.1, -0.05) is 25.0 Å². The first-order valence-electron chi connectivity index (χ1n) is 11.1. The first kappa shape index (κ1) is 20.6. The summed E-state index contributed by atoms with van der Waals surface area (Å²) in [6.45, 7) is 6.52. The smallest absolute Gasteiger partial charge is 0.280 e. The molecular weight excluding hydrogens is 376 g/mol. The summed E-state index contributed by atoms with van der Waals surface area (Å²) in [7, 11) is 0. The Kier molecular flexibility index (Phi) is 6.18. The van der Waals surface area contributed by atoms with Crippen molar-refractivity contribution in [3.63, 3.8) is 0 Å². The summed E-state index contributed by atoms with van der Waals surface area (Å²) in [5.74, 6) is 0.845. The molecule has 0 saturated carbocycles. The predicted octanol–water partition coefficient (Wildman–Crippen LogP) is 3.80. The molecule has 4 rings (SSSR count). The van der Waals surface area contributed by atoms with Crippen LogP contribution >= 0.6 is 0 Å². The van der Waals surface area contributed by atoms with E-state index >= 15 is 0 Å². The number of aromatic nitrogens is 4. The average Bonchev–Trinajstić information content (AvgIpc) is 3.16. The van der Waals surface area contributed by atoms with Gasteiger partial charge in [-0.3, -0.25) is 9.69 Å². The molecular formula is C23H32N6O. The van der Waals surface area contributed by atoms with E-state index in [4.69, 9.17) is 5.73 Å². The largest absolute Gasteiger partial charge is 0.384 e. The standard InChI is InChI=1S/C23H32N6O/c1-16-9-8-10-17(2)28(16)13-6-3-7-14-29-19-12-5-4-11-18(19)26-21(23(29)30)22-25-15-20(24)27-22/h4-5,11-12,15-17H,3,6-10,13-14,24H2,1-2H3,(H,25,27)/t16-,17?/m0/s1. The lowest BCUT2D eigenvalue weighted by Gasteiger charge is -2.39. The van der Waals surface area contributed by atoms with Gasteiger partial charge in [-0.25, -0.2) is 9.97 Å². The molecule has 1 unspecified atom stereocenters. The van der Waals surface area contributed by atoms with Crippen LogP contribution < -0.4 is 11.3 Å². The number of nitrogens with one attached hydrogen (secondary N) is 1. The fourth-order valence-electron chi connectivity index (χ4n) is 4.68. The normalized spacial score (nSPS) is 20.1. The first-order valence-corrected chi connectivity index (χ1v) is 11.1. The highest BCUT2D eigenvalue weighted by Crippen LogP contribution is 2.23. The van der Waals surface area contributed by atoms with Gasteiger partial charge in [0.2, 0.25) is 0 Å². The molecule has 3 heterocycles. The van der Waals surface area contributed by atoms with Crippen molar-refractivity contribution in [3.8, 4) is 11.5 Å². The van der Waals surface area contributed by atoms with Crippen LogP contribution in [0, 0.1) is 0 Å². The van der Waals surface area contributed by atoms with Crippen LogP contribution in [0.15, 0.2) is 35.3 Å². The fourth-order valence-corrected chi connectivity index (χ4v) is 4.68. The van der Waals surface area contributed by atoms with E-state index in [0.717, 1.165) is 36.8 Å². The quantitative estimate of drug-likeness (QED) is 0.580. The number of aromatic amines is 1. The minimum atomic E-state index is -0.124. The minimum Gasteiger partial charge on any atom is -0.384 e. The highest BCUT2D eigenvalue weighted by molar-refractivity contribution is 5.77. The zero-order chi connectivity index (χ0) is 21.1. The molecule has 3 N–H and O–H groups in total. The van der Waals surface area contributed by atoms with E-state index in [1.807, 2.05) is 28.8 Å². The lowest BCUT2D eigenvalue weighted by atomic mass is 9.97. The van der Waals surface area contributed by atoms with E-state index in [-0.39, 0.29) is 5.56 Å². The van der Waals surface area contributed by atoms with E-state index in [1.165, 1.54) is 25.5 Å². The number of imidazole rings is 1. The molecule has 0 amide bonds. The second-order valence-corrected chi connectivity index (χ2v) is 8.52. The molecule has 1 aliphatic heterocycles. The van der Waals surface area contributed by atoms with Crippen LogP contribution in [0.5, 0.6) is 0 Å². The van der Waals surface area contributed by atoms with Gasteiger partial charge in [0.15, 0.2) is 11.5 Å². The number of rotatable bonds is 7. The summed E-state index contributed by atoms with van der Waals surface area (Å²) in [5.41, 5.74) is 7.60. The number of hydrogen-bond acceptors (Lipinski definition) is 5. The number of benzene rings is 1. The Morgan fingerprint density at radius 1 is 1.10 bits per heavy atom. The number of para-hydroxylation sites is 2. The van der Waals surface area contributed by atoms with Gasteiger partial charge in [0.1, 0.15) is 5.82 Å². The summed E-state index contributed by atoms with van der Waals surface area (Å²) in [6, 6.07) is 9.14. The molecule has 0 bridgehead atoms. The molecule has 0 radical (unpaired) electrons. The highest BCUT2D eigenvalue weighted by atomic mass is 16.1. The molecule has 1 aromatic carbocycles. The number of aryl methyl sites for hydroxylation is 1. The molecule has 7 heteroatoms. The molecule has 2 aromatic heterocycles. The van der Waals surface area contributed by atoms with Crippen molar-refractivity contribution < 1.29 is 0 Å². The SMILES string of the molecule is CC1CCC[C@H](C)N1CCCCCn1c(=O)c(-c2ncc(N)[nH]2)nc2ccccc21. The van der Waals surface area contributed by atoms with Crippen LogP contribution in [0.2, 0.25) is 0 Å². The fraction of sp³-hybridized carbons (Fsp3) is 0.522. The number of unbranched alkanes of at least 4 members (excludes halogenated alkanes) is 2. The van der Waals surface area contributed by atoms with E-state index < -0.39 is 0 Å². The zero-order valence-electron chi connectivity index (χ0n) is 18.0. The van der Waals surface area contributed by atoms with E-state index in [1.54, 1.807) is 0 Å². The average molecular weight is 409 g/mol. The molecule has 1 fully saturated rings. The number of H-pyrrole nitrogens is 1. The van der Waals surface area contributed by atoms with Gasteiger partial charge in [0.05, 0.1) is 17.2 Å². The number of piperidine rings is 1. The number of nitrogens with two attached hydrogens (primary N) is 1. The lowest BCUT2D eigenvalue weighted by molar-refractivity contribution is 0.101. The Hall–Kier alpha value is -2.67. The van der Waals surface area contributed by atoms with Crippen LogP contribution in [0.4, 0.5) is 5.82 Å². The van der Waals surface area contributed by atoms with E-state index in [0.29, 0.717) is 36.0 Å². The number of fused-ring (bicyclic) bond motifs is 1. The van der Waals surface area contributed by atoms with Crippen LogP contribution in [0.3, 0.4) is 0 Å². The number of likely N-dealkylation sites (tertiary alicyclic amines) is 1. The number of nitrogens with zero attached hydrogens (tertiary/aromatic N) is 4. The molecule has 30 heavy (non-hydrogen) atoms. The van der Waals surface area contributed by atoms with Gasteiger partial charge >= 0.3 is 0 Å². The first-order chi connectivity index (χ1) is 14.5. The lowest BCUT2D eigenvalue weighted by Crippen LogP contribution is -2.44. The molecule has 7 nitrogen and oxygen atoms in total. The van der Waals surface area contributed by atoms with Crippen molar-refractivity contribution in [1.82, 2.24) is 24.4 Å². The van der Waals surface area contributed by atoms with Crippen molar-refractivity contribution >= 4 is 16.9 Å². The second kappa shape index (κ2) is 9.00. The van der Waals surface area contributed by atoms with Gasteiger partial charge in [0.25, 0.3) is 5.56 Å². The molecule has 2 atom stereocenters. The number of hydrogen-bond donors (Lipinski definition) is 2. The maximum Gasteiger partial charge on any atom is 0.280 e. The third-order valence-electron chi connectivity index (χ3n) is 6.35. The van der Waals surface area contributed by atoms with Crippen molar-refractivity contribution in [1.29, 1.82) is 0 Å². The van der Waals surface area contributed by atoms with Crippen LogP contribution in [-0.2, 0) is 6.54 Å². The Balaban J connectivity index is 1.47. The van der Waals surface area contributed by atoms with Gasteiger partial charge in [-0.05, 0) is 58.2 Å². The molecule has 1 saturated heterocycles. The Labute approximate surface area is 177 Å². The summed E-state index contributed by atoms with van der Waals surface area (Å²) in [5, 5.41) is 0. The maximum atomic E-state index is 13.2. The zero-order valence-corrected chi connectivity index (χ0v) is 18.0. The summed E-state index contributed by atoms with van der Waals surface area (Å²) >= 11 is 0. The third-order valence-corrected chi connectivity index (χ3v) is 6.35. The van der Waals surface area contributed by atoms with Gasteiger partial charge in [0, 0.05) is 18.6 Å². The van der Waals surface area contributed by atoms with Crippen molar-refractivity contribution in [2.75, 3.05) is 12.3 Å². The Bertz CT molecular complexity index is 1050. The van der Waals surface area contributed by atoms with Gasteiger partial charge < -0.3 is 15.3 Å². The molecule has 3 aromatic rings. The summed E-state index contributed by atoms with van der Waals surface area (Å²) in [6.07, 6.45) is 8.70. The summed E-state index contributed by atoms with van der Waals surface area (Å²) in [4.78, 5) is 27.5. The van der Waals surface area contributed by atoms with Crippen LogP contribution in [0.25, 0.3) is 22.6 Å². The van der Waals surface area contributed by atoms with Crippen LogP contribution in [-0.4, -0.2) is 43.0 Å². The highest BCUT2D eigenvalue weighted by Gasteiger charge is 2.23. The molecule has 0 spiro atoms. The monoisotopic (exact) mass is 408 g/mol. The van der Waals surface area contributed by atoms with Crippen molar-refractivity contribution in [2.45, 2.75) is 71.0 Å². The van der Waals surface area contributed by atoms with E-state index in [9.17, 15) is 4.79 Å². The minimum absolute atomic E-state index is 0.124. The molecule has 1 aliphatic rings. The number of anilines is 1. The van der Waals surface area contributed by atoms with Crippen LogP contribution in [0.1, 0.15) is 52.4 Å². The Morgan fingerprint density at radius 2 is 1.83 bits per heavy atom. The van der Waals surface area contributed by atoms with Gasteiger partial charge in [-0.2, -0.15) is 0 Å². The second-order valence-electron chi connectivity index (χ2n) is 8.52. The topological polar surface area (TPSA) is 92.8 Å². The number of nitrogen functional groups attached to an aromatic ring is 1. The predicted molar refractivity (Wildman–Crippen MR) is 121 cm³/mol. The molecule has 160 valence electrons. The maximum absolute atomic E-state index is 13.2. The molecule has 0 aliphatic carbocycles. The summed E-state index contributed by atoms with van der Waals surface area (Å²) < 4.78 is 1.84. The van der Waals surface area contributed by atoms with E-state index in [2.05, 4.69) is 33.7 Å². The van der Waals surface area contributed by atoms with Crippen molar-refractivity contribution in [3.05, 3.63) is 40.8 Å². The van der Waals surface area contributed by atoms with Gasteiger partial charge in [-0.15, -0.1) is 0 Å².